The van der Waals surface area contributed by atoms with Gasteiger partial charge in [0.25, 0.3) is 0 Å². The molecule has 6 nitrogen and oxygen atoms in total. The van der Waals surface area contributed by atoms with Gasteiger partial charge in [-0.05, 0) is 75.1 Å². The number of benzene rings is 1. The molecule has 31 heavy (non-hydrogen) atoms. The Kier molecular flexibility index (Phi) is 9.20. The number of nitriles is 1. The zero-order chi connectivity index (χ0) is 22.8. The standard InChI is InChI=1S/C25H32N2O4/c1-6-29-23-7-9-24(10-8-23)30-13-14-31-25(28)22(17-26)16-21-15-19(4)27(20(21)5)12-11-18(2)3/h7-10,15-16,18H,6,11-14H2,1-5H3/b22-16+. The van der Waals surface area contributed by atoms with E-state index in [1.165, 1.54) is 0 Å². The third-order valence-electron chi connectivity index (χ3n) is 4.90. The maximum Gasteiger partial charge on any atom is 0.349 e. The molecule has 1 heterocycles. The number of aryl methyl sites for hydroxylation is 1. The molecule has 1 aromatic heterocycles. The van der Waals surface area contributed by atoms with Gasteiger partial charge < -0.3 is 18.8 Å². The summed E-state index contributed by atoms with van der Waals surface area (Å²) >= 11 is 0. The van der Waals surface area contributed by atoms with Crippen LogP contribution in [0.3, 0.4) is 0 Å². The van der Waals surface area contributed by atoms with Crippen molar-refractivity contribution >= 4 is 12.0 Å². The molecule has 166 valence electrons. The number of hydrogen-bond acceptors (Lipinski definition) is 5. The Morgan fingerprint density at radius 2 is 1.77 bits per heavy atom. The molecule has 0 spiro atoms. The van der Waals surface area contributed by atoms with Crippen LogP contribution in [-0.4, -0.2) is 30.4 Å². The maximum atomic E-state index is 12.3. The van der Waals surface area contributed by atoms with Crippen molar-refractivity contribution in [1.29, 1.82) is 5.26 Å². The normalized spacial score (nSPS) is 11.3. The average molecular weight is 425 g/mol. The zero-order valence-corrected chi connectivity index (χ0v) is 19.1. The molecule has 0 fully saturated rings. The van der Waals surface area contributed by atoms with Crippen molar-refractivity contribution in [2.75, 3.05) is 19.8 Å². The van der Waals surface area contributed by atoms with Crippen LogP contribution in [0.5, 0.6) is 11.5 Å². The average Bonchev–Trinajstić information content (AvgIpc) is 3.01. The third kappa shape index (κ3) is 7.21. The quantitative estimate of drug-likeness (QED) is 0.218. The molecule has 0 unspecified atom stereocenters. The summed E-state index contributed by atoms with van der Waals surface area (Å²) in [7, 11) is 0. The van der Waals surface area contributed by atoms with Crippen LogP contribution in [0.15, 0.2) is 35.9 Å². The predicted octanol–water partition coefficient (Wildman–Crippen LogP) is 5.08. The summed E-state index contributed by atoms with van der Waals surface area (Å²) in [5, 5.41) is 9.44. The SMILES string of the molecule is CCOc1ccc(OCCOC(=O)/C(C#N)=C/c2cc(C)n(CCC(C)C)c2C)cc1. The summed E-state index contributed by atoms with van der Waals surface area (Å²) in [6, 6.07) is 11.2. The van der Waals surface area contributed by atoms with Crippen molar-refractivity contribution in [3.8, 4) is 17.6 Å². The van der Waals surface area contributed by atoms with Gasteiger partial charge in [0.2, 0.25) is 0 Å². The van der Waals surface area contributed by atoms with Crippen molar-refractivity contribution < 1.29 is 19.0 Å². The van der Waals surface area contributed by atoms with E-state index in [9.17, 15) is 10.1 Å². The van der Waals surface area contributed by atoms with Gasteiger partial charge in [0.1, 0.15) is 36.4 Å². The first-order chi connectivity index (χ1) is 14.8. The van der Waals surface area contributed by atoms with E-state index in [1.807, 2.05) is 45.0 Å². The topological polar surface area (TPSA) is 73.5 Å². The van der Waals surface area contributed by atoms with Crippen molar-refractivity contribution in [1.82, 2.24) is 4.57 Å². The van der Waals surface area contributed by atoms with Crippen LogP contribution in [0.1, 0.15) is 44.1 Å². The highest BCUT2D eigenvalue weighted by Crippen LogP contribution is 2.20. The van der Waals surface area contributed by atoms with E-state index in [0.29, 0.717) is 18.3 Å². The minimum atomic E-state index is -0.648. The molecule has 6 heteroatoms. The van der Waals surface area contributed by atoms with E-state index >= 15 is 0 Å². The molecule has 0 N–H and O–H groups in total. The number of carbonyl (C=O) groups is 1. The second-order valence-corrected chi connectivity index (χ2v) is 7.72. The molecule has 0 saturated heterocycles. The second-order valence-electron chi connectivity index (χ2n) is 7.72. The first-order valence-electron chi connectivity index (χ1n) is 10.7. The monoisotopic (exact) mass is 424 g/mol. The lowest BCUT2D eigenvalue weighted by Crippen LogP contribution is -2.13. The summed E-state index contributed by atoms with van der Waals surface area (Å²) in [6.45, 7) is 12.1. The van der Waals surface area contributed by atoms with E-state index in [4.69, 9.17) is 14.2 Å². The molecule has 1 aromatic carbocycles. The molecule has 2 rings (SSSR count). The number of hydrogen-bond donors (Lipinski definition) is 0. The largest absolute Gasteiger partial charge is 0.494 e. The predicted molar refractivity (Wildman–Crippen MR) is 121 cm³/mol. The fourth-order valence-electron chi connectivity index (χ4n) is 3.17. The first kappa shape index (κ1) is 24.1. The van der Waals surface area contributed by atoms with Gasteiger partial charge in [0.15, 0.2) is 0 Å². The number of carbonyl (C=O) groups excluding carboxylic acids is 1. The van der Waals surface area contributed by atoms with Crippen LogP contribution >= 0.6 is 0 Å². The smallest absolute Gasteiger partial charge is 0.349 e. The lowest BCUT2D eigenvalue weighted by molar-refractivity contribution is -0.139. The fourth-order valence-corrected chi connectivity index (χ4v) is 3.17. The van der Waals surface area contributed by atoms with Gasteiger partial charge in [-0.1, -0.05) is 13.8 Å². The van der Waals surface area contributed by atoms with Gasteiger partial charge >= 0.3 is 5.97 Å². The van der Waals surface area contributed by atoms with Crippen molar-refractivity contribution in [2.24, 2.45) is 5.92 Å². The van der Waals surface area contributed by atoms with Gasteiger partial charge in [-0.15, -0.1) is 0 Å². The summed E-state index contributed by atoms with van der Waals surface area (Å²) in [4.78, 5) is 12.3. The molecule has 0 amide bonds. The number of rotatable bonds is 11. The molecule has 0 atom stereocenters. The molecular weight excluding hydrogens is 392 g/mol. The molecule has 0 bridgehead atoms. The van der Waals surface area contributed by atoms with E-state index in [1.54, 1.807) is 18.2 Å². The van der Waals surface area contributed by atoms with Gasteiger partial charge in [-0.3, -0.25) is 0 Å². The van der Waals surface area contributed by atoms with Crippen LogP contribution in [-0.2, 0) is 16.1 Å². The molecule has 0 aliphatic heterocycles. The molecule has 2 aromatic rings. The van der Waals surface area contributed by atoms with E-state index in [2.05, 4.69) is 18.4 Å². The molecular formula is C25H32N2O4. The van der Waals surface area contributed by atoms with E-state index < -0.39 is 5.97 Å². The zero-order valence-electron chi connectivity index (χ0n) is 19.1. The lowest BCUT2D eigenvalue weighted by atomic mass is 10.1. The van der Waals surface area contributed by atoms with E-state index in [0.717, 1.165) is 35.7 Å². The summed E-state index contributed by atoms with van der Waals surface area (Å²) in [5.41, 5.74) is 2.99. The molecule has 0 radical (unpaired) electrons. The third-order valence-corrected chi connectivity index (χ3v) is 4.90. The van der Waals surface area contributed by atoms with Crippen LogP contribution in [0.2, 0.25) is 0 Å². The van der Waals surface area contributed by atoms with Gasteiger partial charge in [0.05, 0.1) is 6.61 Å². The van der Waals surface area contributed by atoms with Gasteiger partial charge in [-0.25, -0.2) is 4.79 Å². The lowest BCUT2D eigenvalue weighted by Gasteiger charge is -2.11. The van der Waals surface area contributed by atoms with Crippen molar-refractivity contribution in [2.45, 2.75) is 47.6 Å². The number of ether oxygens (including phenoxy) is 3. The Morgan fingerprint density at radius 3 is 2.35 bits per heavy atom. The van der Waals surface area contributed by atoms with Gasteiger partial charge in [0, 0.05) is 17.9 Å². The summed E-state index contributed by atoms with van der Waals surface area (Å²) < 4.78 is 18.4. The molecule has 0 aliphatic carbocycles. The minimum Gasteiger partial charge on any atom is -0.494 e. The summed E-state index contributed by atoms with van der Waals surface area (Å²) in [5.74, 6) is 1.39. The minimum absolute atomic E-state index is 0.0230. The maximum absolute atomic E-state index is 12.3. The summed E-state index contributed by atoms with van der Waals surface area (Å²) in [6.07, 6.45) is 2.67. The van der Waals surface area contributed by atoms with Crippen LogP contribution in [0.25, 0.3) is 6.08 Å². The van der Waals surface area contributed by atoms with Crippen LogP contribution in [0, 0.1) is 31.1 Å². The first-order valence-corrected chi connectivity index (χ1v) is 10.7. The van der Waals surface area contributed by atoms with Crippen LogP contribution < -0.4 is 9.47 Å². The van der Waals surface area contributed by atoms with Gasteiger partial charge in [-0.2, -0.15) is 5.26 Å². The number of esters is 1. The Bertz CT molecular complexity index is 934. The highest BCUT2D eigenvalue weighted by Gasteiger charge is 2.14. The fraction of sp³-hybridized carbons (Fsp3) is 0.440. The van der Waals surface area contributed by atoms with Crippen molar-refractivity contribution in [3.05, 3.63) is 52.9 Å². The highest BCUT2D eigenvalue weighted by molar-refractivity contribution is 5.98. The van der Waals surface area contributed by atoms with Crippen molar-refractivity contribution in [3.63, 3.8) is 0 Å². The number of nitrogens with zero attached hydrogens (tertiary/aromatic N) is 2. The Morgan fingerprint density at radius 1 is 1.13 bits per heavy atom. The Labute approximate surface area is 185 Å². The molecule has 0 saturated carbocycles. The molecule has 0 aliphatic rings. The Hall–Kier alpha value is -3.20. The van der Waals surface area contributed by atoms with E-state index in [-0.39, 0.29) is 18.8 Å². The Balaban J connectivity index is 1.92. The second kappa shape index (κ2) is 11.8. The van der Waals surface area contributed by atoms with Crippen LogP contribution in [0.4, 0.5) is 0 Å². The number of aromatic nitrogens is 1. The highest BCUT2D eigenvalue weighted by atomic mass is 16.6.